The number of carbonyl (C=O) groups is 1. The largest absolute Gasteiger partial charge is 0.495 e. The summed E-state index contributed by atoms with van der Waals surface area (Å²) >= 11 is 0. The van der Waals surface area contributed by atoms with E-state index in [-0.39, 0.29) is 5.97 Å². The lowest BCUT2D eigenvalue weighted by Gasteiger charge is -2.39. The average molecular weight is 447 g/mol. The number of anilines is 1. The molecule has 0 N–H and O–H groups in total. The summed E-state index contributed by atoms with van der Waals surface area (Å²) in [5.41, 5.74) is 5.15. The summed E-state index contributed by atoms with van der Waals surface area (Å²) in [7, 11) is 1.60. The van der Waals surface area contributed by atoms with Crippen LogP contribution >= 0.6 is 0 Å². The van der Waals surface area contributed by atoms with Gasteiger partial charge in [-0.2, -0.15) is 5.26 Å². The molecule has 0 unspecified atom stereocenters. The molecule has 2 fully saturated rings. The third-order valence-electron chi connectivity index (χ3n) is 7.85. The van der Waals surface area contributed by atoms with E-state index in [0.717, 1.165) is 56.1 Å². The van der Waals surface area contributed by atoms with E-state index in [2.05, 4.69) is 33.8 Å². The van der Waals surface area contributed by atoms with Gasteiger partial charge in [0, 0.05) is 31.3 Å². The summed E-state index contributed by atoms with van der Waals surface area (Å²) in [4.78, 5) is 21.2. The normalized spacial score (nSPS) is 19.4. The van der Waals surface area contributed by atoms with Crippen LogP contribution in [0, 0.1) is 23.7 Å². The molecule has 5 rings (SSSR count). The van der Waals surface area contributed by atoms with Crippen LogP contribution in [-0.4, -0.2) is 55.7 Å². The first-order valence-corrected chi connectivity index (χ1v) is 11.7. The minimum atomic E-state index is -0.193. The number of fused-ring (bicyclic) bond motifs is 1. The van der Waals surface area contributed by atoms with Crippen LogP contribution in [0.5, 0.6) is 5.75 Å². The number of aromatic nitrogens is 1. The fourth-order valence-electron chi connectivity index (χ4n) is 5.59. The van der Waals surface area contributed by atoms with Crippen molar-refractivity contribution in [3.63, 3.8) is 0 Å². The molecule has 2 aromatic rings. The number of pyridine rings is 1. The Bertz CT molecular complexity index is 1120. The monoisotopic (exact) mass is 446 g/mol. The van der Waals surface area contributed by atoms with Crippen LogP contribution in [0.2, 0.25) is 0 Å². The number of piperidine rings is 1. The molecule has 2 saturated heterocycles. The van der Waals surface area contributed by atoms with E-state index in [4.69, 9.17) is 9.47 Å². The number of carbonyl (C=O) groups excluding carboxylic acids is 1. The Balaban J connectivity index is 1.17. The number of hydrogen-bond acceptors (Lipinski definition) is 7. The maximum absolute atomic E-state index is 11.8. The van der Waals surface area contributed by atoms with Crippen LogP contribution in [0.1, 0.15) is 51.9 Å². The van der Waals surface area contributed by atoms with Crippen molar-refractivity contribution >= 4 is 11.8 Å². The second-order valence-corrected chi connectivity index (χ2v) is 9.57. The molecule has 0 amide bonds. The van der Waals surface area contributed by atoms with Crippen molar-refractivity contribution in [3.05, 3.63) is 52.2 Å². The molecule has 33 heavy (non-hydrogen) atoms. The summed E-state index contributed by atoms with van der Waals surface area (Å²) in [6.45, 7) is 7.81. The third kappa shape index (κ3) is 4.04. The first-order chi connectivity index (χ1) is 16.0. The summed E-state index contributed by atoms with van der Waals surface area (Å²) < 4.78 is 10.6. The lowest BCUT2D eigenvalue weighted by atomic mass is 9.77. The molecule has 7 heteroatoms. The lowest BCUT2D eigenvalue weighted by molar-refractivity contribution is 0.0535. The zero-order valence-electron chi connectivity index (χ0n) is 19.4. The molecule has 3 aliphatic heterocycles. The highest BCUT2D eigenvalue weighted by Crippen LogP contribution is 2.42. The summed E-state index contributed by atoms with van der Waals surface area (Å²) in [6, 6.07) is 8.05. The second kappa shape index (κ2) is 8.68. The van der Waals surface area contributed by atoms with Gasteiger partial charge in [0.15, 0.2) is 0 Å². The number of methoxy groups -OCH3 is 1. The van der Waals surface area contributed by atoms with Crippen LogP contribution in [-0.2, 0) is 17.8 Å². The SMILES string of the molecule is COc1cc(N2CCC3(CCN(CCc4ccc5c(c4C)COC5=O)CC3)C2)ncc1C#N. The van der Waals surface area contributed by atoms with Gasteiger partial charge >= 0.3 is 5.97 Å². The maximum Gasteiger partial charge on any atom is 0.338 e. The number of cyclic esters (lactones) is 1. The fourth-order valence-corrected chi connectivity index (χ4v) is 5.59. The average Bonchev–Trinajstić information content (AvgIpc) is 3.43. The van der Waals surface area contributed by atoms with Crippen molar-refractivity contribution < 1.29 is 14.3 Å². The molecule has 172 valence electrons. The summed E-state index contributed by atoms with van der Waals surface area (Å²) in [5.74, 6) is 1.30. The number of nitriles is 1. The molecule has 4 heterocycles. The Labute approximate surface area is 194 Å². The predicted octanol–water partition coefficient (Wildman–Crippen LogP) is 3.48. The van der Waals surface area contributed by atoms with E-state index >= 15 is 0 Å². The molecule has 3 aliphatic rings. The number of esters is 1. The van der Waals surface area contributed by atoms with Crippen molar-refractivity contribution in [2.45, 2.75) is 39.2 Å². The van der Waals surface area contributed by atoms with Gasteiger partial charge in [0.05, 0.1) is 18.9 Å². The van der Waals surface area contributed by atoms with Crippen molar-refractivity contribution in [3.8, 4) is 11.8 Å². The van der Waals surface area contributed by atoms with Crippen LogP contribution in [0.4, 0.5) is 5.82 Å². The highest BCUT2D eigenvalue weighted by atomic mass is 16.5. The highest BCUT2D eigenvalue weighted by Gasteiger charge is 2.41. The quantitative estimate of drug-likeness (QED) is 0.651. The number of rotatable bonds is 5. The molecule has 0 bridgehead atoms. The van der Waals surface area contributed by atoms with Gasteiger partial charge in [-0.3, -0.25) is 0 Å². The van der Waals surface area contributed by atoms with Gasteiger partial charge in [-0.05, 0) is 68.3 Å². The van der Waals surface area contributed by atoms with Gasteiger partial charge in [-0.15, -0.1) is 0 Å². The van der Waals surface area contributed by atoms with Crippen molar-refractivity contribution in [1.29, 1.82) is 5.26 Å². The Hall–Kier alpha value is -3.11. The van der Waals surface area contributed by atoms with Crippen molar-refractivity contribution in [2.24, 2.45) is 5.41 Å². The summed E-state index contributed by atoms with van der Waals surface area (Å²) in [5, 5.41) is 9.21. The molecule has 7 nitrogen and oxygen atoms in total. The van der Waals surface area contributed by atoms with Crippen molar-refractivity contribution in [2.75, 3.05) is 44.7 Å². The molecule has 0 saturated carbocycles. The molecule has 1 aromatic heterocycles. The molecule has 1 aromatic carbocycles. The maximum atomic E-state index is 11.8. The van der Waals surface area contributed by atoms with Crippen LogP contribution in [0.15, 0.2) is 24.4 Å². The highest BCUT2D eigenvalue weighted by molar-refractivity contribution is 5.93. The third-order valence-corrected chi connectivity index (χ3v) is 7.85. The Morgan fingerprint density at radius 3 is 2.79 bits per heavy atom. The van der Waals surface area contributed by atoms with Gasteiger partial charge in [-0.1, -0.05) is 6.07 Å². The van der Waals surface area contributed by atoms with E-state index in [1.807, 2.05) is 12.1 Å². The Morgan fingerprint density at radius 1 is 1.24 bits per heavy atom. The number of nitrogens with zero attached hydrogens (tertiary/aromatic N) is 4. The second-order valence-electron chi connectivity index (χ2n) is 9.57. The summed E-state index contributed by atoms with van der Waals surface area (Å²) in [6.07, 6.45) is 6.19. The number of hydrogen-bond donors (Lipinski definition) is 0. The topological polar surface area (TPSA) is 78.7 Å². The standard InChI is InChI=1S/C26H30N4O3/c1-18-19(3-4-21-22(18)16-33-25(21)31)5-9-29-10-6-26(7-11-29)8-12-30(17-26)24-13-23(32-2)20(14-27)15-28-24/h3-4,13,15H,5-12,16-17H2,1-2H3. The lowest BCUT2D eigenvalue weighted by Crippen LogP contribution is -2.42. The smallest absolute Gasteiger partial charge is 0.338 e. The van der Waals surface area contributed by atoms with Gasteiger partial charge < -0.3 is 19.3 Å². The fraction of sp³-hybridized carbons (Fsp3) is 0.500. The zero-order valence-corrected chi connectivity index (χ0v) is 19.4. The molecular formula is C26H30N4O3. The van der Waals surface area contributed by atoms with E-state index in [1.165, 1.54) is 30.4 Å². The molecular weight excluding hydrogens is 416 g/mol. The number of benzene rings is 1. The molecule has 0 atom stereocenters. The molecule has 1 spiro atoms. The minimum absolute atomic E-state index is 0.193. The van der Waals surface area contributed by atoms with Gasteiger partial charge in [0.2, 0.25) is 0 Å². The van der Waals surface area contributed by atoms with E-state index in [9.17, 15) is 10.1 Å². The molecule has 0 aliphatic carbocycles. The van der Waals surface area contributed by atoms with Gasteiger partial charge in [0.25, 0.3) is 0 Å². The Morgan fingerprint density at radius 2 is 2.03 bits per heavy atom. The number of ether oxygens (including phenoxy) is 2. The number of likely N-dealkylation sites (tertiary alicyclic amines) is 1. The van der Waals surface area contributed by atoms with Crippen molar-refractivity contribution in [1.82, 2.24) is 9.88 Å². The van der Waals surface area contributed by atoms with Crippen LogP contribution in [0.25, 0.3) is 0 Å². The zero-order chi connectivity index (χ0) is 23.0. The first kappa shape index (κ1) is 21.7. The van der Waals surface area contributed by atoms with Gasteiger partial charge in [0.1, 0.15) is 29.8 Å². The molecule has 0 radical (unpaired) electrons. The van der Waals surface area contributed by atoms with Crippen LogP contribution in [0.3, 0.4) is 0 Å². The van der Waals surface area contributed by atoms with E-state index in [1.54, 1.807) is 13.3 Å². The first-order valence-electron chi connectivity index (χ1n) is 11.7. The minimum Gasteiger partial charge on any atom is -0.495 e. The van der Waals surface area contributed by atoms with E-state index in [0.29, 0.717) is 23.3 Å². The van der Waals surface area contributed by atoms with E-state index < -0.39 is 0 Å². The van der Waals surface area contributed by atoms with Gasteiger partial charge in [-0.25, -0.2) is 9.78 Å². The predicted molar refractivity (Wildman–Crippen MR) is 124 cm³/mol. The van der Waals surface area contributed by atoms with Crippen LogP contribution < -0.4 is 9.64 Å². The Kier molecular flexibility index (Phi) is 5.71.